The first-order valence-electron chi connectivity index (χ1n) is 9.58. The van der Waals surface area contributed by atoms with E-state index in [4.69, 9.17) is 4.98 Å². The first kappa shape index (κ1) is 18.6. The Balaban J connectivity index is 1.69. The number of para-hydroxylation sites is 1. The molecule has 0 spiro atoms. The van der Waals surface area contributed by atoms with Gasteiger partial charge in [0.15, 0.2) is 5.16 Å². The van der Waals surface area contributed by atoms with Gasteiger partial charge in [-0.15, -0.1) is 0 Å². The highest BCUT2D eigenvalue weighted by atomic mass is 32.2. The third-order valence-electron chi connectivity index (χ3n) is 5.07. The Morgan fingerprint density at radius 3 is 2.50 bits per heavy atom. The van der Waals surface area contributed by atoms with E-state index >= 15 is 0 Å². The van der Waals surface area contributed by atoms with Crippen molar-refractivity contribution < 1.29 is 4.39 Å². The Labute approximate surface area is 176 Å². The van der Waals surface area contributed by atoms with Crippen molar-refractivity contribution in [2.75, 3.05) is 0 Å². The molecule has 5 rings (SSSR count). The van der Waals surface area contributed by atoms with E-state index in [1.54, 1.807) is 16.7 Å². The van der Waals surface area contributed by atoms with Crippen LogP contribution < -0.4 is 5.56 Å². The summed E-state index contributed by atoms with van der Waals surface area (Å²) in [4.78, 5) is 21.6. The van der Waals surface area contributed by atoms with Crippen LogP contribution in [-0.4, -0.2) is 14.5 Å². The normalized spacial score (nSPS) is 11.4. The molecule has 0 saturated heterocycles. The molecular weight excluding hydrogens is 397 g/mol. The van der Waals surface area contributed by atoms with E-state index in [1.165, 1.54) is 23.9 Å². The molecule has 2 heterocycles. The molecule has 0 radical (unpaired) electrons. The molecule has 5 aromatic rings. The zero-order valence-electron chi connectivity index (χ0n) is 16.2. The molecule has 4 nitrogen and oxygen atoms in total. The highest BCUT2D eigenvalue weighted by Crippen LogP contribution is 2.28. The van der Waals surface area contributed by atoms with Crippen molar-refractivity contribution in [2.24, 2.45) is 0 Å². The number of aryl methyl sites for hydroxylation is 1. The first-order chi connectivity index (χ1) is 14.6. The molecular formula is C24H18FN3OS. The molecule has 2 aromatic heterocycles. The van der Waals surface area contributed by atoms with Gasteiger partial charge in [0.25, 0.3) is 5.56 Å². The number of nitrogens with one attached hydrogen (secondary N) is 1. The number of hydrogen-bond donors (Lipinski definition) is 1. The molecule has 0 amide bonds. The van der Waals surface area contributed by atoms with Crippen molar-refractivity contribution >= 4 is 33.7 Å². The highest BCUT2D eigenvalue weighted by molar-refractivity contribution is 7.98. The second-order valence-corrected chi connectivity index (χ2v) is 8.12. The Bertz CT molecular complexity index is 1420. The van der Waals surface area contributed by atoms with Gasteiger partial charge in [-0.3, -0.25) is 9.36 Å². The lowest BCUT2D eigenvalue weighted by molar-refractivity contribution is 0.627. The smallest absolute Gasteiger partial charge is 0.283 e. The molecule has 30 heavy (non-hydrogen) atoms. The number of nitrogens with zero attached hydrogens (tertiary/aromatic N) is 2. The van der Waals surface area contributed by atoms with Crippen LogP contribution in [0.5, 0.6) is 0 Å². The Hall–Kier alpha value is -3.38. The minimum Gasteiger partial charge on any atom is -0.349 e. The van der Waals surface area contributed by atoms with Crippen molar-refractivity contribution in [3.63, 3.8) is 0 Å². The maximum absolute atomic E-state index is 13.5. The second kappa shape index (κ2) is 7.46. The lowest BCUT2D eigenvalue weighted by atomic mass is 10.2. The Morgan fingerprint density at radius 1 is 1.00 bits per heavy atom. The molecule has 148 valence electrons. The zero-order valence-corrected chi connectivity index (χ0v) is 17.0. The van der Waals surface area contributed by atoms with Crippen molar-refractivity contribution in [3.05, 3.63) is 100 Å². The predicted molar refractivity (Wildman–Crippen MR) is 120 cm³/mol. The number of rotatable bonds is 4. The van der Waals surface area contributed by atoms with E-state index in [0.29, 0.717) is 21.9 Å². The maximum atomic E-state index is 13.5. The summed E-state index contributed by atoms with van der Waals surface area (Å²) in [5.74, 6) is 0.311. The third-order valence-corrected chi connectivity index (χ3v) is 6.08. The van der Waals surface area contributed by atoms with E-state index in [0.717, 1.165) is 27.7 Å². The molecule has 6 heteroatoms. The quantitative estimate of drug-likeness (QED) is 0.307. The molecule has 0 bridgehead atoms. The zero-order chi connectivity index (χ0) is 20.7. The molecule has 0 aliphatic carbocycles. The fraction of sp³-hybridized carbons (Fsp3) is 0.0833. The molecule has 0 unspecified atom stereocenters. The standard InChI is InChI=1S/C24H18FN3OS/c1-15-6-12-18(13-7-15)28-23(29)22-21(19-4-2-3-5-20(19)26-22)27-24(28)30-14-16-8-10-17(25)11-9-16/h2-13,26H,14H2,1H3. The van der Waals surface area contributed by atoms with Gasteiger partial charge in [-0.05, 0) is 42.8 Å². The van der Waals surface area contributed by atoms with Crippen molar-refractivity contribution in [1.82, 2.24) is 14.5 Å². The highest BCUT2D eigenvalue weighted by Gasteiger charge is 2.17. The van der Waals surface area contributed by atoms with Crippen molar-refractivity contribution in [1.29, 1.82) is 0 Å². The van der Waals surface area contributed by atoms with E-state index < -0.39 is 0 Å². The van der Waals surface area contributed by atoms with Crippen LogP contribution in [0, 0.1) is 12.7 Å². The van der Waals surface area contributed by atoms with Gasteiger partial charge in [-0.1, -0.05) is 59.8 Å². The van der Waals surface area contributed by atoms with Crippen molar-refractivity contribution in [2.45, 2.75) is 17.8 Å². The summed E-state index contributed by atoms with van der Waals surface area (Å²) in [5, 5.41) is 1.52. The summed E-state index contributed by atoms with van der Waals surface area (Å²) in [6.07, 6.45) is 0. The molecule has 0 fully saturated rings. The van der Waals surface area contributed by atoms with Gasteiger partial charge in [0.1, 0.15) is 16.9 Å². The monoisotopic (exact) mass is 415 g/mol. The maximum Gasteiger partial charge on any atom is 0.283 e. The average Bonchev–Trinajstić information content (AvgIpc) is 3.13. The van der Waals surface area contributed by atoms with E-state index in [1.807, 2.05) is 55.5 Å². The summed E-state index contributed by atoms with van der Waals surface area (Å²) in [6, 6.07) is 22.0. The summed E-state index contributed by atoms with van der Waals surface area (Å²) >= 11 is 1.46. The minimum atomic E-state index is -0.265. The van der Waals surface area contributed by atoms with Crippen LogP contribution in [0.15, 0.2) is 82.7 Å². The molecule has 0 aliphatic rings. The van der Waals surface area contributed by atoms with Gasteiger partial charge >= 0.3 is 0 Å². The van der Waals surface area contributed by atoms with Gasteiger partial charge in [0.2, 0.25) is 0 Å². The fourth-order valence-corrected chi connectivity index (χ4v) is 4.45. The SMILES string of the molecule is Cc1ccc(-n2c(SCc3ccc(F)cc3)nc3c([nH]c4ccccc43)c2=O)cc1. The Morgan fingerprint density at radius 2 is 1.73 bits per heavy atom. The number of H-pyrrole nitrogens is 1. The molecule has 0 atom stereocenters. The van der Waals surface area contributed by atoms with E-state index in [-0.39, 0.29) is 11.4 Å². The summed E-state index contributed by atoms with van der Waals surface area (Å²) < 4.78 is 14.9. The van der Waals surface area contributed by atoms with Crippen LogP contribution in [0.1, 0.15) is 11.1 Å². The first-order valence-corrected chi connectivity index (χ1v) is 10.6. The van der Waals surface area contributed by atoms with Crippen LogP contribution in [0.25, 0.3) is 27.6 Å². The summed E-state index contributed by atoms with van der Waals surface area (Å²) in [6.45, 7) is 2.01. The number of hydrogen-bond acceptors (Lipinski definition) is 3. The lowest BCUT2D eigenvalue weighted by Crippen LogP contribution is -2.21. The van der Waals surface area contributed by atoms with Crippen LogP contribution >= 0.6 is 11.8 Å². The molecule has 3 aromatic carbocycles. The van der Waals surface area contributed by atoms with E-state index in [2.05, 4.69) is 4.98 Å². The van der Waals surface area contributed by atoms with Gasteiger partial charge in [-0.2, -0.15) is 0 Å². The van der Waals surface area contributed by atoms with Crippen LogP contribution in [-0.2, 0) is 5.75 Å². The number of halogens is 1. The molecule has 0 aliphatic heterocycles. The number of aromatic nitrogens is 3. The Kier molecular flexibility index (Phi) is 4.64. The summed E-state index contributed by atoms with van der Waals surface area (Å²) in [5.41, 5.74) is 4.75. The minimum absolute atomic E-state index is 0.137. The van der Waals surface area contributed by atoms with Crippen molar-refractivity contribution in [3.8, 4) is 5.69 Å². The third kappa shape index (κ3) is 3.29. The van der Waals surface area contributed by atoms with E-state index in [9.17, 15) is 9.18 Å². The van der Waals surface area contributed by atoms with Gasteiger partial charge < -0.3 is 4.98 Å². The number of benzene rings is 3. The number of aromatic amines is 1. The summed E-state index contributed by atoms with van der Waals surface area (Å²) in [7, 11) is 0. The number of fused-ring (bicyclic) bond motifs is 3. The van der Waals surface area contributed by atoms with Gasteiger partial charge in [-0.25, -0.2) is 9.37 Å². The van der Waals surface area contributed by atoms with Crippen LogP contribution in [0.3, 0.4) is 0 Å². The molecule has 1 N–H and O–H groups in total. The number of thioether (sulfide) groups is 1. The molecule has 0 saturated carbocycles. The van der Waals surface area contributed by atoms with Gasteiger partial charge in [0.05, 0.1) is 5.69 Å². The van der Waals surface area contributed by atoms with Crippen LogP contribution in [0.2, 0.25) is 0 Å². The fourth-order valence-electron chi connectivity index (χ4n) is 3.49. The largest absolute Gasteiger partial charge is 0.349 e. The average molecular weight is 415 g/mol. The lowest BCUT2D eigenvalue weighted by Gasteiger charge is -2.12. The predicted octanol–water partition coefficient (Wildman–Crippen LogP) is 5.61. The van der Waals surface area contributed by atoms with Gasteiger partial charge in [0, 0.05) is 16.7 Å². The topological polar surface area (TPSA) is 50.7 Å². The van der Waals surface area contributed by atoms with Crippen LogP contribution in [0.4, 0.5) is 4.39 Å². The second-order valence-electron chi connectivity index (χ2n) is 7.18.